The summed E-state index contributed by atoms with van der Waals surface area (Å²) in [7, 11) is 1.65. The second kappa shape index (κ2) is 6.09. The lowest BCUT2D eigenvalue weighted by Gasteiger charge is -2.25. The number of nitrogens with one attached hydrogen (secondary N) is 1. The number of hydrogen-bond donors (Lipinski definition) is 1. The summed E-state index contributed by atoms with van der Waals surface area (Å²) in [5, 5.41) is 7.50. The van der Waals surface area contributed by atoms with Crippen LogP contribution in [0.2, 0.25) is 0 Å². The van der Waals surface area contributed by atoms with Crippen LogP contribution in [0, 0.1) is 6.92 Å². The molecule has 1 atom stereocenters. The lowest BCUT2D eigenvalue weighted by Crippen LogP contribution is -2.24. The summed E-state index contributed by atoms with van der Waals surface area (Å²) in [5.74, 6) is 1.43. The zero-order valence-corrected chi connectivity index (χ0v) is 14.2. The maximum absolute atomic E-state index is 12.4. The summed E-state index contributed by atoms with van der Waals surface area (Å²) in [6.45, 7) is 2.04. The molecule has 4 rings (SSSR count). The zero-order chi connectivity index (χ0) is 17.4. The van der Waals surface area contributed by atoms with Crippen molar-refractivity contribution in [1.82, 2.24) is 9.78 Å². The van der Waals surface area contributed by atoms with Crippen molar-refractivity contribution in [3.05, 3.63) is 71.4 Å². The van der Waals surface area contributed by atoms with Gasteiger partial charge in [0.1, 0.15) is 11.6 Å². The summed E-state index contributed by atoms with van der Waals surface area (Å²) in [6, 6.07) is 15.9. The van der Waals surface area contributed by atoms with Gasteiger partial charge in [-0.2, -0.15) is 5.10 Å². The Morgan fingerprint density at radius 2 is 1.88 bits per heavy atom. The van der Waals surface area contributed by atoms with E-state index in [1.165, 1.54) is 5.56 Å². The molecular weight excluding hydrogens is 314 g/mol. The van der Waals surface area contributed by atoms with Crippen LogP contribution >= 0.6 is 0 Å². The molecule has 1 N–H and O–H groups in total. The van der Waals surface area contributed by atoms with Crippen molar-refractivity contribution < 1.29 is 9.53 Å². The average molecular weight is 333 g/mol. The Balaban J connectivity index is 1.83. The van der Waals surface area contributed by atoms with Gasteiger partial charge in [0.25, 0.3) is 0 Å². The molecule has 0 radical (unpaired) electrons. The van der Waals surface area contributed by atoms with Crippen LogP contribution < -0.4 is 10.1 Å². The van der Waals surface area contributed by atoms with Crippen LogP contribution in [0.25, 0.3) is 5.69 Å². The predicted octanol–water partition coefficient (Wildman–Crippen LogP) is 3.66. The van der Waals surface area contributed by atoms with Crippen LogP contribution in [0.1, 0.15) is 29.0 Å². The molecule has 2 aromatic carbocycles. The van der Waals surface area contributed by atoms with Gasteiger partial charge in [0.05, 0.1) is 19.0 Å². The molecule has 1 unspecified atom stereocenters. The van der Waals surface area contributed by atoms with Crippen molar-refractivity contribution in [2.75, 3.05) is 12.4 Å². The van der Waals surface area contributed by atoms with E-state index in [-0.39, 0.29) is 11.8 Å². The molecule has 0 spiro atoms. The number of hydrogen-bond acceptors (Lipinski definition) is 3. The third kappa shape index (κ3) is 2.67. The Morgan fingerprint density at radius 1 is 1.12 bits per heavy atom. The quantitative estimate of drug-likeness (QED) is 0.796. The third-order valence-electron chi connectivity index (χ3n) is 4.61. The first-order chi connectivity index (χ1) is 12.2. The third-order valence-corrected chi connectivity index (χ3v) is 4.61. The number of rotatable bonds is 3. The van der Waals surface area contributed by atoms with Crippen molar-refractivity contribution in [1.29, 1.82) is 0 Å². The highest BCUT2D eigenvalue weighted by Crippen LogP contribution is 2.41. The number of benzene rings is 2. The number of anilines is 1. The van der Waals surface area contributed by atoms with Gasteiger partial charge in [-0.15, -0.1) is 0 Å². The molecule has 5 heteroatoms. The van der Waals surface area contributed by atoms with E-state index < -0.39 is 0 Å². The SMILES string of the molecule is COc1ccccc1C1CC(=O)Nc2c1cnn2-c1ccc(C)cc1. The summed E-state index contributed by atoms with van der Waals surface area (Å²) in [5.41, 5.74) is 4.11. The van der Waals surface area contributed by atoms with Crippen molar-refractivity contribution in [3.63, 3.8) is 0 Å². The first-order valence-electron chi connectivity index (χ1n) is 8.25. The van der Waals surface area contributed by atoms with Gasteiger partial charge in [0.2, 0.25) is 5.91 Å². The molecule has 1 aromatic heterocycles. The number of carbonyl (C=O) groups is 1. The first kappa shape index (κ1) is 15.4. The molecule has 0 saturated heterocycles. The lowest BCUT2D eigenvalue weighted by atomic mass is 9.87. The summed E-state index contributed by atoms with van der Waals surface area (Å²) >= 11 is 0. The number of aryl methyl sites for hydroxylation is 1. The van der Waals surface area contributed by atoms with Crippen LogP contribution in [0.4, 0.5) is 5.82 Å². The Bertz CT molecular complexity index is 928. The Morgan fingerprint density at radius 3 is 2.64 bits per heavy atom. The van der Waals surface area contributed by atoms with E-state index in [1.807, 2.05) is 61.7 Å². The van der Waals surface area contributed by atoms with Crippen molar-refractivity contribution in [2.45, 2.75) is 19.3 Å². The fourth-order valence-electron chi connectivity index (χ4n) is 3.33. The molecular formula is C20H19N3O2. The molecule has 1 aliphatic heterocycles. The van der Waals surface area contributed by atoms with Crippen molar-refractivity contribution in [3.8, 4) is 11.4 Å². The summed E-state index contributed by atoms with van der Waals surface area (Å²) < 4.78 is 7.28. The second-order valence-corrected chi connectivity index (χ2v) is 6.24. The summed E-state index contributed by atoms with van der Waals surface area (Å²) in [6.07, 6.45) is 2.22. The van der Waals surface area contributed by atoms with E-state index in [0.29, 0.717) is 6.42 Å². The van der Waals surface area contributed by atoms with Crippen LogP contribution in [0.3, 0.4) is 0 Å². The van der Waals surface area contributed by atoms with Crippen molar-refractivity contribution in [2.24, 2.45) is 0 Å². The predicted molar refractivity (Wildman–Crippen MR) is 96.4 cm³/mol. The Hall–Kier alpha value is -3.08. The number of methoxy groups -OCH3 is 1. The van der Waals surface area contributed by atoms with Gasteiger partial charge in [-0.05, 0) is 25.1 Å². The largest absolute Gasteiger partial charge is 0.496 e. The van der Waals surface area contributed by atoms with Crippen LogP contribution in [-0.2, 0) is 4.79 Å². The molecule has 25 heavy (non-hydrogen) atoms. The van der Waals surface area contributed by atoms with Gasteiger partial charge in [0.15, 0.2) is 0 Å². The average Bonchev–Trinajstić information content (AvgIpc) is 3.05. The molecule has 5 nitrogen and oxygen atoms in total. The topological polar surface area (TPSA) is 56.1 Å². The number of fused-ring (bicyclic) bond motifs is 1. The highest BCUT2D eigenvalue weighted by Gasteiger charge is 2.31. The second-order valence-electron chi connectivity index (χ2n) is 6.24. The molecule has 126 valence electrons. The standard InChI is InChI=1S/C20H19N3O2/c1-13-7-9-14(10-8-13)23-20-17(12-21-23)16(11-19(24)22-20)15-5-3-4-6-18(15)25-2/h3-10,12,16H,11H2,1-2H3,(H,22,24). The van der Waals surface area contributed by atoms with Gasteiger partial charge < -0.3 is 10.1 Å². The fraction of sp³-hybridized carbons (Fsp3) is 0.200. The van der Waals surface area contributed by atoms with E-state index in [1.54, 1.807) is 11.8 Å². The highest BCUT2D eigenvalue weighted by atomic mass is 16.5. The number of aromatic nitrogens is 2. The first-order valence-corrected chi connectivity index (χ1v) is 8.25. The minimum Gasteiger partial charge on any atom is -0.496 e. The fourth-order valence-corrected chi connectivity index (χ4v) is 3.33. The van der Waals surface area contributed by atoms with Gasteiger partial charge in [-0.25, -0.2) is 4.68 Å². The van der Waals surface area contributed by atoms with Crippen LogP contribution in [0.15, 0.2) is 54.7 Å². The Kier molecular flexibility index (Phi) is 3.76. The molecule has 0 aliphatic carbocycles. The molecule has 1 aliphatic rings. The van der Waals surface area contributed by atoms with Gasteiger partial charge in [-0.3, -0.25) is 4.79 Å². The van der Waals surface area contributed by atoms with Crippen LogP contribution in [-0.4, -0.2) is 22.8 Å². The van der Waals surface area contributed by atoms with Gasteiger partial charge in [-0.1, -0.05) is 35.9 Å². The lowest BCUT2D eigenvalue weighted by molar-refractivity contribution is -0.116. The number of nitrogens with zero attached hydrogens (tertiary/aromatic N) is 2. The van der Waals surface area contributed by atoms with Crippen LogP contribution in [0.5, 0.6) is 5.75 Å². The monoisotopic (exact) mass is 333 g/mol. The molecule has 0 bridgehead atoms. The molecule has 1 amide bonds. The van der Waals surface area contributed by atoms with Gasteiger partial charge in [0, 0.05) is 23.5 Å². The molecule has 3 aromatic rings. The van der Waals surface area contributed by atoms with E-state index >= 15 is 0 Å². The summed E-state index contributed by atoms with van der Waals surface area (Å²) in [4.78, 5) is 12.4. The van der Waals surface area contributed by atoms with Crippen molar-refractivity contribution >= 4 is 11.7 Å². The van der Waals surface area contributed by atoms with Gasteiger partial charge >= 0.3 is 0 Å². The molecule has 2 heterocycles. The highest BCUT2D eigenvalue weighted by molar-refractivity contribution is 5.94. The molecule has 0 fully saturated rings. The number of amides is 1. The maximum Gasteiger partial charge on any atom is 0.226 e. The minimum atomic E-state index is -0.0703. The van der Waals surface area contributed by atoms with E-state index in [0.717, 1.165) is 28.4 Å². The number of ether oxygens (including phenoxy) is 1. The number of carbonyl (C=O) groups excluding carboxylic acids is 1. The zero-order valence-electron chi connectivity index (χ0n) is 14.2. The Labute approximate surface area is 146 Å². The van der Waals surface area contributed by atoms with E-state index in [9.17, 15) is 4.79 Å². The molecule has 0 saturated carbocycles. The smallest absolute Gasteiger partial charge is 0.226 e. The normalized spacial score (nSPS) is 16.2. The minimum absolute atomic E-state index is 0.0164. The van der Waals surface area contributed by atoms with E-state index in [2.05, 4.69) is 10.4 Å². The maximum atomic E-state index is 12.4. The number of para-hydroxylation sites is 1. The van der Waals surface area contributed by atoms with E-state index in [4.69, 9.17) is 4.74 Å².